The molecule has 0 atom stereocenters. The average molecular weight is 432 g/mol. The molecule has 0 radical (unpaired) electrons. The fourth-order valence-corrected chi connectivity index (χ4v) is 3.97. The summed E-state index contributed by atoms with van der Waals surface area (Å²) in [5.74, 6) is 2.45. The normalized spacial score (nSPS) is 14.2. The Hall–Kier alpha value is -3.88. The maximum Gasteiger partial charge on any atom is 0.289 e. The number of benzene rings is 1. The lowest BCUT2D eigenvalue weighted by atomic mass is 10.2. The Morgan fingerprint density at radius 3 is 2.53 bits per heavy atom. The van der Waals surface area contributed by atoms with Crippen LogP contribution in [0, 0.1) is 13.8 Å². The molecule has 1 amide bonds. The van der Waals surface area contributed by atoms with E-state index in [0.29, 0.717) is 43.3 Å². The maximum absolute atomic E-state index is 13.0. The van der Waals surface area contributed by atoms with Gasteiger partial charge in [-0.3, -0.25) is 9.36 Å². The summed E-state index contributed by atoms with van der Waals surface area (Å²) < 4.78 is 13.1. The van der Waals surface area contributed by atoms with Crippen molar-refractivity contribution in [3.05, 3.63) is 60.1 Å². The Labute approximate surface area is 185 Å². The lowest BCUT2D eigenvalue weighted by Crippen LogP contribution is -2.49. The van der Waals surface area contributed by atoms with Crippen molar-refractivity contribution in [3.8, 4) is 11.6 Å². The number of aryl methyl sites for hydroxylation is 1. The van der Waals surface area contributed by atoms with E-state index in [0.717, 1.165) is 28.4 Å². The van der Waals surface area contributed by atoms with Gasteiger partial charge in [0, 0.05) is 43.3 Å². The van der Waals surface area contributed by atoms with Gasteiger partial charge in [0.1, 0.15) is 24.3 Å². The fourth-order valence-electron chi connectivity index (χ4n) is 3.97. The number of carbonyl (C=O) groups excluding carboxylic acids is 1. The van der Waals surface area contributed by atoms with Crippen LogP contribution in [0.5, 0.6) is 5.75 Å². The van der Waals surface area contributed by atoms with E-state index in [1.54, 1.807) is 25.8 Å². The molecule has 0 saturated carbocycles. The first-order valence-corrected chi connectivity index (χ1v) is 10.5. The molecule has 164 valence electrons. The second kappa shape index (κ2) is 7.99. The highest BCUT2D eigenvalue weighted by Crippen LogP contribution is 2.29. The fraction of sp³-hybridized carbons (Fsp3) is 0.304. The minimum atomic E-state index is -0.115. The highest BCUT2D eigenvalue weighted by Gasteiger charge is 2.26. The summed E-state index contributed by atoms with van der Waals surface area (Å²) in [7, 11) is 1.59. The van der Waals surface area contributed by atoms with Gasteiger partial charge >= 0.3 is 0 Å². The molecule has 4 heterocycles. The average Bonchev–Trinajstić information content (AvgIpc) is 3.42. The molecule has 1 aliphatic heterocycles. The van der Waals surface area contributed by atoms with Crippen LogP contribution in [0.2, 0.25) is 0 Å². The van der Waals surface area contributed by atoms with Crippen LogP contribution in [0.4, 0.5) is 5.82 Å². The maximum atomic E-state index is 13.0. The number of rotatable bonds is 4. The van der Waals surface area contributed by atoms with Crippen molar-refractivity contribution in [1.29, 1.82) is 0 Å². The third kappa shape index (κ3) is 3.45. The van der Waals surface area contributed by atoms with Gasteiger partial charge in [0.2, 0.25) is 0 Å². The van der Waals surface area contributed by atoms with Crippen molar-refractivity contribution in [3.63, 3.8) is 0 Å². The molecule has 3 aromatic heterocycles. The standard InChI is InChI=1S/C23H24N6O3/c1-15-16(2)29(14-26-15)21-12-20(24-13-25-21)27-7-9-28(10-8-27)23(30)19-11-17-5-4-6-18(31-3)22(17)32-19/h4-6,11-14H,7-10H2,1-3H3. The Morgan fingerprint density at radius 2 is 1.81 bits per heavy atom. The molecule has 0 spiro atoms. The number of anilines is 1. The molecule has 9 heteroatoms. The highest BCUT2D eigenvalue weighted by atomic mass is 16.5. The largest absolute Gasteiger partial charge is 0.493 e. The van der Waals surface area contributed by atoms with Crippen molar-refractivity contribution in [2.75, 3.05) is 38.2 Å². The summed E-state index contributed by atoms with van der Waals surface area (Å²) >= 11 is 0. The molecule has 4 aromatic rings. The van der Waals surface area contributed by atoms with Crippen LogP contribution in [0.15, 0.2) is 47.4 Å². The molecule has 9 nitrogen and oxygen atoms in total. The lowest BCUT2D eigenvalue weighted by molar-refractivity contribution is 0.0716. The summed E-state index contributed by atoms with van der Waals surface area (Å²) in [6.07, 6.45) is 3.34. The number of piperazine rings is 1. The Bertz CT molecular complexity index is 1290. The van der Waals surface area contributed by atoms with Crippen molar-refractivity contribution < 1.29 is 13.9 Å². The molecule has 0 unspecified atom stereocenters. The zero-order chi connectivity index (χ0) is 22.2. The van der Waals surface area contributed by atoms with Crippen molar-refractivity contribution in [2.45, 2.75) is 13.8 Å². The van der Waals surface area contributed by atoms with Gasteiger partial charge in [-0.2, -0.15) is 0 Å². The molecule has 1 aliphatic rings. The van der Waals surface area contributed by atoms with Crippen molar-refractivity contribution >= 4 is 22.7 Å². The molecule has 32 heavy (non-hydrogen) atoms. The first kappa shape index (κ1) is 20.0. The third-order valence-corrected chi connectivity index (χ3v) is 5.97. The van der Waals surface area contributed by atoms with Crippen LogP contribution in [0.1, 0.15) is 21.9 Å². The lowest BCUT2D eigenvalue weighted by Gasteiger charge is -2.35. The van der Waals surface area contributed by atoms with Crippen LogP contribution in [-0.4, -0.2) is 63.6 Å². The summed E-state index contributed by atoms with van der Waals surface area (Å²) in [6.45, 7) is 6.50. The smallest absolute Gasteiger partial charge is 0.289 e. The number of aromatic nitrogens is 4. The first-order chi connectivity index (χ1) is 15.5. The molecule has 0 bridgehead atoms. The van der Waals surface area contributed by atoms with Gasteiger partial charge in [-0.25, -0.2) is 15.0 Å². The zero-order valence-electron chi connectivity index (χ0n) is 18.3. The van der Waals surface area contributed by atoms with E-state index in [9.17, 15) is 4.79 Å². The van der Waals surface area contributed by atoms with Crippen molar-refractivity contribution in [2.24, 2.45) is 0 Å². The van der Waals surface area contributed by atoms with E-state index in [2.05, 4.69) is 19.9 Å². The summed E-state index contributed by atoms with van der Waals surface area (Å²) in [6, 6.07) is 9.34. The number of ether oxygens (including phenoxy) is 1. The monoisotopic (exact) mass is 432 g/mol. The van der Waals surface area contributed by atoms with Crippen LogP contribution in [0.3, 0.4) is 0 Å². The minimum absolute atomic E-state index is 0.115. The SMILES string of the molecule is COc1cccc2cc(C(=O)N3CCN(c4cc(-n5cnc(C)c5C)ncn4)CC3)oc12. The predicted octanol–water partition coefficient (Wildman–Crippen LogP) is 3.00. The number of nitrogens with zero attached hydrogens (tertiary/aromatic N) is 6. The van der Waals surface area contributed by atoms with E-state index >= 15 is 0 Å². The van der Waals surface area contributed by atoms with E-state index in [1.807, 2.05) is 47.6 Å². The van der Waals surface area contributed by atoms with E-state index < -0.39 is 0 Å². The number of methoxy groups -OCH3 is 1. The Morgan fingerprint density at radius 1 is 1.03 bits per heavy atom. The van der Waals surface area contributed by atoms with E-state index in [1.165, 1.54) is 0 Å². The van der Waals surface area contributed by atoms with Gasteiger partial charge in [0.05, 0.1) is 12.8 Å². The zero-order valence-corrected chi connectivity index (χ0v) is 18.3. The minimum Gasteiger partial charge on any atom is -0.493 e. The van der Waals surface area contributed by atoms with Gasteiger partial charge in [-0.05, 0) is 26.0 Å². The number of hydrogen-bond acceptors (Lipinski definition) is 7. The quantitative estimate of drug-likeness (QED) is 0.490. The van der Waals surface area contributed by atoms with Gasteiger partial charge in [-0.15, -0.1) is 0 Å². The molecular weight excluding hydrogens is 408 g/mol. The Balaban J connectivity index is 1.30. The van der Waals surface area contributed by atoms with Gasteiger partial charge in [0.25, 0.3) is 5.91 Å². The summed E-state index contributed by atoms with van der Waals surface area (Å²) in [4.78, 5) is 30.2. The number of carbonyl (C=O) groups is 1. The number of furan rings is 1. The first-order valence-electron chi connectivity index (χ1n) is 10.5. The van der Waals surface area contributed by atoms with Gasteiger partial charge in [-0.1, -0.05) is 12.1 Å². The number of imidazole rings is 1. The van der Waals surface area contributed by atoms with Crippen LogP contribution < -0.4 is 9.64 Å². The predicted molar refractivity (Wildman–Crippen MR) is 120 cm³/mol. The molecule has 1 aromatic carbocycles. The number of hydrogen-bond donors (Lipinski definition) is 0. The molecular formula is C23H24N6O3. The molecule has 0 aliphatic carbocycles. The molecule has 1 fully saturated rings. The summed E-state index contributed by atoms with van der Waals surface area (Å²) in [5.41, 5.74) is 2.61. The van der Waals surface area contributed by atoms with E-state index in [-0.39, 0.29) is 5.91 Å². The molecule has 5 rings (SSSR count). The second-order valence-electron chi connectivity index (χ2n) is 7.79. The Kier molecular flexibility index (Phi) is 5.01. The van der Waals surface area contributed by atoms with E-state index in [4.69, 9.17) is 9.15 Å². The molecule has 0 N–H and O–H groups in total. The topological polar surface area (TPSA) is 89.5 Å². The van der Waals surface area contributed by atoms with Crippen LogP contribution in [-0.2, 0) is 0 Å². The number of amides is 1. The highest BCUT2D eigenvalue weighted by molar-refractivity contribution is 5.97. The number of para-hydroxylation sites is 1. The van der Waals surface area contributed by atoms with Gasteiger partial charge in [0.15, 0.2) is 17.1 Å². The van der Waals surface area contributed by atoms with Crippen molar-refractivity contribution in [1.82, 2.24) is 24.4 Å². The second-order valence-corrected chi connectivity index (χ2v) is 7.79. The molecule has 1 saturated heterocycles. The van der Waals surface area contributed by atoms with Crippen LogP contribution in [0.25, 0.3) is 16.8 Å². The van der Waals surface area contributed by atoms with Crippen LogP contribution >= 0.6 is 0 Å². The van der Waals surface area contributed by atoms with Gasteiger partial charge < -0.3 is 19.0 Å². The number of fused-ring (bicyclic) bond motifs is 1. The third-order valence-electron chi connectivity index (χ3n) is 5.97. The summed E-state index contributed by atoms with van der Waals surface area (Å²) in [5, 5.41) is 0.852.